The highest BCUT2D eigenvalue weighted by molar-refractivity contribution is 7.18. The molecule has 9 heteroatoms. The summed E-state index contributed by atoms with van der Waals surface area (Å²) in [6, 6.07) is 3.29. The Labute approximate surface area is 139 Å². The normalized spacial score (nSPS) is 10.4. The summed E-state index contributed by atoms with van der Waals surface area (Å²) in [5, 5.41) is 4.62. The maximum atomic E-state index is 11.8. The molecule has 2 rings (SSSR count). The summed E-state index contributed by atoms with van der Waals surface area (Å²) in [5.41, 5.74) is 5.58. The second-order valence-corrected chi connectivity index (χ2v) is 6.94. The number of hydrogen-bond acceptors (Lipinski definition) is 6. The van der Waals surface area contributed by atoms with Gasteiger partial charge in [0, 0.05) is 18.2 Å². The molecule has 0 unspecified atom stereocenters. The molecule has 0 aliphatic heterocycles. The first-order valence-electron chi connectivity index (χ1n) is 6.25. The van der Waals surface area contributed by atoms with Gasteiger partial charge >= 0.3 is 0 Å². The monoisotopic (exact) mass is 357 g/mol. The van der Waals surface area contributed by atoms with Gasteiger partial charge in [-0.3, -0.25) is 14.4 Å². The molecular formula is C13H12ClN3O3S2. The van der Waals surface area contributed by atoms with Gasteiger partial charge in [-0.15, -0.1) is 22.7 Å². The Balaban J connectivity index is 1.81. The molecule has 0 fully saturated rings. The molecule has 2 heterocycles. The first-order chi connectivity index (χ1) is 10.4. The summed E-state index contributed by atoms with van der Waals surface area (Å²) in [4.78, 5) is 39.0. The Morgan fingerprint density at radius 2 is 2.05 bits per heavy atom. The number of aromatic nitrogens is 1. The van der Waals surface area contributed by atoms with Crippen LogP contribution in [0.3, 0.4) is 0 Å². The third kappa shape index (κ3) is 4.90. The molecule has 0 atom stereocenters. The molecule has 0 saturated heterocycles. The highest BCUT2D eigenvalue weighted by Gasteiger charge is 2.13. The number of primary amides is 1. The lowest BCUT2D eigenvalue weighted by Gasteiger charge is -2.00. The molecule has 0 saturated carbocycles. The molecule has 2 amide bonds. The maximum absolute atomic E-state index is 11.8. The summed E-state index contributed by atoms with van der Waals surface area (Å²) in [7, 11) is 0. The Kier molecular flexibility index (Phi) is 5.64. The van der Waals surface area contributed by atoms with E-state index in [9.17, 15) is 14.4 Å². The Hall–Kier alpha value is -1.77. The number of nitrogens with one attached hydrogen (secondary N) is 1. The first-order valence-corrected chi connectivity index (χ1v) is 8.32. The number of carbonyl (C=O) groups is 3. The van der Waals surface area contributed by atoms with Crippen LogP contribution in [0, 0.1) is 0 Å². The summed E-state index contributed by atoms with van der Waals surface area (Å²) in [5.74, 6) is -0.917. The maximum Gasteiger partial charge on any atom is 0.226 e. The van der Waals surface area contributed by atoms with E-state index < -0.39 is 5.91 Å². The van der Waals surface area contributed by atoms with E-state index in [-0.39, 0.29) is 31.0 Å². The fourth-order valence-corrected chi connectivity index (χ4v) is 3.36. The molecule has 0 spiro atoms. The van der Waals surface area contributed by atoms with Crippen LogP contribution in [0.15, 0.2) is 17.5 Å². The quantitative estimate of drug-likeness (QED) is 0.743. The van der Waals surface area contributed by atoms with Crippen molar-refractivity contribution in [2.45, 2.75) is 19.3 Å². The number of thiazole rings is 1. The Bertz CT molecular complexity index is 711. The average molecular weight is 358 g/mol. The zero-order valence-electron chi connectivity index (χ0n) is 11.3. The van der Waals surface area contributed by atoms with Gasteiger partial charge in [-0.2, -0.15) is 0 Å². The highest BCUT2D eigenvalue weighted by atomic mass is 35.5. The van der Waals surface area contributed by atoms with Gasteiger partial charge in [0.2, 0.25) is 11.8 Å². The standard InChI is InChI=1S/C13H12ClN3O3S2/c14-10-3-2-9(22-10)8(18)1-4-12(20)17-13-16-7(6-21-13)5-11(15)19/h2-3,6H,1,4-5H2,(H2,15,19)(H,16,17,20). The second kappa shape index (κ2) is 7.48. The van der Waals surface area contributed by atoms with Crippen molar-refractivity contribution < 1.29 is 14.4 Å². The van der Waals surface area contributed by atoms with Crippen LogP contribution in [-0.4, -0.2) is 22.6 Å². The van der Waals surface area contributed by atoms with Crippen molar-refractivity contribution in [1.29, 1.82) is 0 Å². The Morgan fingerprint density at radius 1 is 1.27 bits per heavy atom. The molecule has 0 aliphatic rings. The van der Waals surface area contributed by atoms with Gasteiger partial charge < -0.3 is 11.1 Å². The number of nitrogens with two attached hydrogens (primary N) is 1. The SMILES string of the molecule is NC(=O)Cc1csc(NC(=O)CCC(=O)c2ccc(Cl)s2)n1. The van der Waals surface area contributed by atoms with E-state index in [0.29, 0.717) is 20.0 Å². The largest absolute Gasteiger partial charge is 0.369 e. The number of thiophene rings is 1. The highest BCUT2D eigenvalue weighted by Crippen LogP contribution is 2.23. The molecule has 3 N–H and O–H groups in total. The summed E-state index contributed by atoms with van der Waals surface area (Å²) in [6.07, 6.45) is 0.186. The van der Waals surface area contributed by atoms with Crippen molar-refractivity contribution in [3.63, 3.8) is 0 Å². The lowest BCUT2D eigenvalue weighted by atomic mass is 10.2. The molecule has 0 aliphatic carbocycles. The van der Waals surface area contributed by atoms with E-state index in [1.807, 2.05) is 0 Å². The number of carbonyl (C=O) groups excluding carboxylic acids is 3. The predicted octanol–water partition coefficient (Wildman–Crippen LogP) is 2.49. The van der Waals surface area contributed by atoms with Crippen LogP contribution in [0.5, 0.6) is 0 Å². The molecule has 6 nitrogen and oxygen atoms in total. The second-order valence-electron chi connectivity index (χ2n) is 4.36. The first kappa shape index (κ1) is 16.6. The number of ketones is 1. The molecular weight excluding hydrogens is 346 g/mol. The van der Waals surface area contributed by atoms with E-state index >= 15 is 0 Å². The van der Waals surface area contributed by atoms with E-state index in [1.54, 1.807) is 17.5 Å². The zero-order chi connectivity index (χ0) is 16.1. The van der Waals surface area contributed by atoms with Crippen LogP contribution in [0.4, 0.5) is 5.13 Å². The minimum Gasteiger partial charge on any atom is -0.369 e. The van der Waals surface area contributed by atoms with Gasteiger partial charge in [0.05, 0.1) is 21.3 Å². The van der Waals surface area contributed by atoms with E-state index in [0.717, 1.165) is 0 Å². The average Bonchev–Trinajstić information content (AvgIpc) is 3.05. The molecule has 0 bridgehead atoms. The van der Waals surface area contributed by atoms with E-state index in [1.165, 1.54) is 22.7 Å². The summed E-state index contributed by atoms with van der Waals surface area (Å²) < 4.78 is 0.539. The van der Waals surface area contributed by atoms with Crippen molar-refractivity contribution in [1.82, 2.24) is 4.98 Å². The number of Topliss-reactive ketones (excluding diaryl/α,β-unsaturated/α-hetero) is 1. The van der Waals surface area contributed by atoms with E-state index in [4.69, 9.17) is 17.3 Å². The van der Waals surface area contributed by atoms with Crippen molar-refractivity contribution in [2.24, 2.45) is 5.73 Å². The van der Waals surface area contributed by atoms with Gasteiger partial charge in [-0.25, -0.2) is 4.98 Å². The van der Waals surface area contributed by atoms with Crippen molar-refractivity contribution >= 4 is 57.0 Å². The third-order valence-corrected chi connectivity index (χ3v) is 4.66. The van der Waals surface area contributed by atoms with Crippen molar-refractivity contribution in [3.8, 4) is 0 Å². The summed E-state index contributed by atoms with van der Waals surface area (Å²) in [6.45, 7) is 0. The summed E-state index contributed by atoms with van der Waals surface area (Å²) >= 11 is 8.15. The molecule has 0 radical (unpaired) electrons. The Morgan fingerprint density at radius 3 is 2.68 bits per heavy atom. The van der Waals surface area contributed by atoms with Gasteiger partial charge in [-0.05, 0) is 12.1 Å². The zero-order valence-corrected chi connectivity index (χ0v) is 13.7. The van der Waals surface area contributed by atoms with Gasteiger partial charge in [0.1, 0.15) is 0 Å². The topological polar surface area (TPSA) is 102 Å². The van der Waals surface area contributed by atoms with Crippen LogP contribution in [0.2, 0.25) is 4.34 Å². The number of anilines is 1. The van der Waals surface area contributed by atoms with Crippen molar-refractivity contribution in [3.05, 3.63) is 32.4 Å². The van der Waals surface area contributed by atoms with Gasteiger partial charge in [0.15, 0.2) is 10.9 Å². The predicted molar refractivity (Wildman–Crippen MR) is 86.5 cm³/mol. The van der Waals surface area contributed by atoms with Crippen molar-refractivity contribution in [2.75, 3.05) is 5.32 Å². The van der Waals surface area contributed by atoms with Gasteiger partial charge in [0.25, 0.3) is 0 Å². The van der Waals surface area contributed by atoms with E-state index in [2.05, 4.69) is 10.3 Å². The smallest absolute Gasteiger partial charge is 0.226 e. The van der Waals surface area contributed by atoms with Crippen LogP contribution in [0.1, 0.15) is 28.2 Å². The number of halogens is 1. The van der Waals surface area contributed by atoms with Gasteiger partial charge in [-0.1, -0.05) is 11.6 Å². The minimum absolute atomic E-state index is 0.0317. The molecule has 2 aromatic heterocycles. The lowest BCUT2D eigenvalue weighted by molar-refractivity contribution is -0.117. The lowest BCUT2D eigenvalue weighted by Crippen LogP contribution is -2.15. The number of hydrogen-bond donors (Lipinski definition) is 2. The molecule has 116 valence electrons. The number of nitrogens with zero attached hydrogens (tertiary/aromatic N) is 1. The van der Waals surface area contributed by atoms with Crippen LogP contribution in [0.25, 0.3) is 0 Å². The van der Waals surface area contributed by atoms with Crippen LogP contribution >= 0.6 is 34.3 Å². The number of rotatable bonds is 7. The third-order valence-electron chi connectivity index (χ3n) is 2.58. The minimum atomic E-state index is -0.483. The molecule has 22 heavy (non-hydrogen) atoms. The fourth-order valence-electron chi connectivity index (χ4n) is 1.62. The number of amides is 2. The molecule has 2 aromatic rings. The van der Waals surface area contributed by atoms with Crippen LogP contribution < -0.4 is 11.1 Å². The molecule has 0 aromatic carbocycles. The fraction of sp³-hybridized carbons (Fsp3) is 0.231. The van der Waals surface area contributed by atoms with Crippen LogP contribution in [-0.2, 0) is 16.0 Å².